The van der Waals surface area contributed by atoms with E-state index in [0.29, 0.717) is 24.2 Å². The molecule has 1 aromatic rings. The molecule has 0 aliphatic carbocycles. The van der Waals surface area contributed by atoms with Crippen LogP contribution in [0.4, 0.5) is 5.82 Å². The number of anilines is 1. The Morgan fingerprint density at radius 1 is 1.24 bits per heavy atom. The maximum absolute atomic E-state index is 6.13. The van der Waals surface area contributed by atoms with Crippen LogP contribution in [0.15, 0.2) is 6.07 Å². The molecule has 0 bridgehead atoms. The van der Waals surface area contributed by atoms with Gasteiger partial charge in [0.15, 0.2) is 5.82 Å². The summed E-state index contributed by atoms with van der Waals surface area (Å²) in [5.74, 6) is 1.44. The molecule has 6 heteroatoms. The molecule has 21 heavy (non-hydrogen) atoms. The van der Waals surface area contributed by atoms with Gasteiger partial charge in [0.05, 0.1) is 11.2 Å². The van der Waals surface area contributed by atoms with Crippen LogP contribution in [-0.2, 0) is 16.1 Å². The molecule has 0 atom stereocenters. The molecular weight excluding hydrogens is 290 g/mol. The standard InChI is InChI=1S/C15H24ClN3O2/c1-6-20-8-12-17-11(16)7-13(18-12)19-9-14(2,3)21-15(4,5)10-19/h7H,6,8-10H2,1-5H3. The Kier molecular flexibility index (Phi) is 4.76. The zero-order chi connectivity index (χ0) is 15.7. The van der Waals surface area contributed by atoms with E-state index in [0.717, 1.165) is 18.9 Å². The number of rotatable bonds is 4. The van der Waals surface area contributed by atoms with Crippen LogP contribution in [0.25, 0.3) is 0 Å². The largest absolute Gasteiger partial charge is 0.374 e. The summed E-state index contributed by atoms with van der Waals surface area (Å²) in [5, 5.41) is 0.441. The van der Waals surface area contributed by atoms with Gasteiger partial charge in [0.2, 0.25) is 0 Å². The Bertz CT molecular complexity index is 490. The minimum atomic E-state index is -0.237. The third-order valence-electron chi connectivity index (χ3n) is 3.18. The molecule has 118 valence electrons. The molecule has 1 aliphatic heterocycles. The predicted octanol–water partition coefficient (Wildman–Crippen LogP) is 3.06. The Labute approximate surface area is 131 Å². The van der Waals surface area contributed by atoms with Gasteiger partial charge in [0.1, 0.15) is 17.6 Å². The molecule has 0 spiro atoms. The van der Waals surface area contributed by atoms with Crippen molar-refractivity contribution in [2.24, 2.45) is 0 Å². The summed E-state index contributed by atoms with van der Waals surface area (Å²) in [6.07, 6.45) is 0. The van der Waals surface area contributed by atoms with E-state index in [1.807, 2.05) is 6.92 Å². The highest BCUT2D eigenvalue weighted by molar-refractivity contribution is 6.29. The summed E-state index contributed by atoms with van der Waals surface area (Å²) >= 11 is 6.13. The van der Waals surface area contributed by atoms with Crippen molar-refractivity contribution in [1.29, 1.82) is 0 Å². The molecule has 1 saturated heterocycles. The van der Waals surface area contributed by atoms with Crippen molar-refractivity contribution in [3.8, 4) is 0 Å². The molecule has 0 amide bonds. The van der Waals surface area contributed by atoms with Crippen LogP contribution in [-0.4, -0.2) is 40.9 Å². The number of morpholine rings is 1. The average molecular weight is 314 g/mol. The lowest BCUT2D eigenvalue weighted by Gasteiger charge is -2.47. The van der Waals surface area contributed by atoms with Gasteiger partial charge in [-0.25, -0.2) is 9.97 Å². The van der Waals surface area contributed by atoms with Crippen molar-refractivity contribution in [1.82, 2.24) is 9.97 Å². The van der Waals surface area contributed by atoms with E-state index < -0.39 is 0 Å². The second-order valence-corrected chi connectivity index (χ2v) is 6.97. The summed E-state index contributed by atoms with van der Waals surface area (Å²) in [7, 11) is 0. The summed E-state index contributed by atoms with van der Waals surface area (Å²) < 4.78 is 11.5. The second-order valence-electron chi connectivity index (χ2n) is 6.58. The lowest BCUT2D eigenvalue weighted by atomic mass is 9.99. The molecular formula is C15H24ClN3O2. The minimum absolute atomic E-state index is 0.237. The van der Waals surface area contributed by atoms with Crippen LogP contribution >= 0.6 is 11.6 Å². The predicted molar refractivity (Wildman–Crippen MR) is 83.8 cm³/mol. The van der Waals surface area contributed by atoms with E-state index in [9.17, 15) is 0 Å². The molecule has 0 unspecified atom stereocenters. The van der Waals surface area contributed by atoms with Crippen LogP contribution < -0.4 is 4.90 Å². The Morgan fingerprint density at radius 2 is 1.86 bits per heavy atom. The van der Waals surface area contributed by atoms with E-state index in [1.165, 1.54) is 0 Å². The Morgan fingerprint density at radius 3 is 2.43 bits per heavy atom. The molecule has 0 saturated carbocycles. The maximum Gasteiger partial charge on any atom is 0.158 e. The van der Waals surface area contributed by atoms with E-state index >= 15 is 0 Å². The molecule has 0 N–H and O–H groups in total. The number of halogens is 1. The summed E-state index contributed by atoms with van der Waals surface area (Å²) in [6, 6.07) is 1.80. The topological polar surface area (TPSA) is 47.5 Å². The van der Waals surface area contributed by atoms with Gasteiger partial charge in [0, 0.05) is 25.8 Å². The van der Waals surface area contributed by atoms with E-state index in [2.05, 4.69) is 42.6 Å². The van der Waals surface area contributed by atoms with Crippen molar-refractivity contribution in [2.45, 2.75) is 52.4 Å². The van der Waals surface area contributed by atoms with Crippen LogP contribution in [0.1, 0.15) is 40.4 Å². The SMILES string of the molecule is CCOCc1nc(Cl)cc(N2CC(C)(C)OC(C)(C)C2)n1. The molecule has 0 radical (unpaired) electrons. The van der Waals surface area contributed by atoms with Gasteiger partial charge in [-0.3, -0.25) is 0 Å². The quantitative estimate of drug-likeness (QED) is 0.800. The van der Waals surface area contributed by atoms with Gasteiger partial charge in [-0.15, -0.1) is 0 Å². The van der Waals surface area contributed by atoms with E-state index in [4.69, 9.17) is 21.1 Å². The average Bonchev–Trinajstić information content (AvgIpc) is 2.32. The zero-order valence-corrected chi connectivity index (χ0v) is 14.2. The van der Waals surface area contributed by atoms with Crippen molar-refractivity contribution in [3.05, 3.63) is 17.0 Å². The third kappa shape index (κ3) is 4.53. The molecule has 2 heterocycles. The maximum atomic E-state index is 6.13. The number of hydrogen-bond donors (Lipinski definition) is 0. The van der Waals surface area contributed by atoms with Crippen molar-refractivity contribution >= 4 is 17.4 Å². The van der Waals surface area contributed by atoms with Gasteiger partial charge >= 0.3 is 0 Å². The monoisotopic (exact) mass is 313 g/mol. The van der Waals surface area contributed by atoms with Crippen LogP contribution in [0, 0.1) is 0 Å². The molecule has 2 rings (SSSR count). The first kappa shape index (κ1) is 16.5. The van der Waals surface area contributed by atoms with Crippen LogP contribution in [0.5, 0.6) is 0 Å². The second kappa shape index (κ2) is 6.07. The van der Waals surface area contributed by atoms with Gasteiger partial charge in [-0.05, 0) is 34.6 Å². The van der Waals surface area contributed by atoms with E-state index in [1.54, 1.807) is 6.07 Å². The van der Waals surface area contributed by atoms with E-state index in [-0.39, 0.29) is 11.2 Å². The van der Waals surface area contributed by atoms with Crippen LogP contribution in [0.3, 0.4) is 0 Å². The number of aromatic nitrogens is 2. The molecule has 1 aromatic heterocycles. The van der Waals surface area contributed by atoms with Gasteiger partial charge in [0.25, 0.3) is 0 Å². The Hall–Kier alpha value is -0.910. The first-order chi connectivity index (χ1) is 9.71. The fraction of sp³-hybridized carbons (Fsp3) is 0.733. The zero-order valence-electron chi connectivity index (χ0n) is 13.4. The first-order valence-corrected chi connectivity index (χ1v) is 7.65. The lowest BCUT2D eigenvalue weighted by molar-refractivity contribution is -0.133. The summed E-state index contributed by atoms with van der Waals surface area (Å²) in [6.45, 7) is 12.8. The molecule has 1 fully saturated rings. The lowest BCUT2D eigenvalue weighted by Crippen LogP contribution is -2.57. The van der Waals surface area contributed by atoms with Crippen molar-refractivity contribution in [2.75, 3.05) is 24.6 Å². The van der Waals surface area contributed by atoms with Crippen molar-refractivity contribution in [3.63, 3.8) is 0 Å². The number of ether oxygens (including phenoxy) is 2. The normalized spacial score (nSPS) is 20.6. The number of nitrogens with zero attached hydrogens (tertiary/aromatic N) is 3. The third-order valence-corrected chi connectivity index (χ3v) is 3.38. The molecule has 5 nitrogen and oxygen atoms in total. The highest BCUT2D eigenvalue weighted by Gasteiger charge is 2.38. The highest BCUT2D eigenvalue weighted by Crippen LogP contribution is 2.31. The van der Waals surface area contributed by atoms with Gasteiger partial charge in [-0.1, -0.05) is 11.6 Å². The number of hydrogen-bond acceptors (Lipinski definition) is 5. The molecule has 0 aromatic carbocycles. The molecule has 1 aliphatic rings. The summed E-state index contributed by atoms with van der Waals surface area (Å²) in [5.41, 5.74) is -0.474. The fourth-order valence-electron chi connectivity index (χ4n) is 2.82. The summed E-state index contributed by atoms with van der Waals surface area (Å²) in [4.78, 5) is 11.0. The Balaban J connectivity index is 2.26. The highest BCUT2D eigenvalue weighted by atomic mass is 35.5. The van der Waals surface area contributed by atoms with Gasteiger partial charge in [-0.2, -0.15) is 0 Å². The minimum Gasteiger partial charge on any atom is -0.374 e. The van der Waals surface area contributed by atoms with Gasteiger partial charge < -0.3 is 14.4 Å². The smallest absolute Gasteiger partial charge is 0.158 e. The first-order valence-electron chi connectivity index (χ1n) is 7.27. The fourth-order valence-corrected chi connectivity index (χ4v) is 3.02. The van der Waals surface area contributed by atoms with Crippen LogP contribution in [0.2, 0.25) is 5.15 Å². The van der Waals surface area contributed by atoms with Crippen molar-refractivity contribution < 1.29 is 9.47 Å².